The maximum absolute atomic E-state index is 12.4. The van der Waals surface area contributed by atoms with Gasteiger partial charge in [0.25, 0.3) is 0 Å². The lowest BCUT2D eigenvalue weighted by molar-refractivity contribution is 0.0714. The van der Waals surface area contributed by atoms with Crippen LogP contribution in [0.5, 0.6) is 0 Å². The summed E-state index contributed by atoms with van der Waals surface area (Å²) in [4.78, 5) is 16.8. The Hall–Kier alpha value is -2.98. The number of rotatable bonds is 5. The van der Waals surface area contributed by atoms with E-state index in [1.54, 1.807) is 0 Å². The van der Waals surface area contributed by atoms with E-state index in [1.165, 1.54) is 10.8 Å². The predicted molar refractivity (Wildman–Crippen MR) is 98.6 cm³/mol. The third-order valence-corrected chi connectivity index (χ3v) is 4.35. The van der Waals surface area contributed by atoms with E-state index < -0.39 is 0 Å². The molecule has 1 aromatic heterocycles. The van der Waals surface area contributed by atoms with Crippen molar-refractivity contribution in [2.75, 3.05) is 6.61 Å². The second kappa shape index (κ2) is 6.49. The number of ketones is 1. The zero-order valence-electron chi connectivity index (χ0n) is 14.0. The van der Waals surface area contributed by atoms with Gasteiger partial charge in [0.2, 0.25) is 5.78 Å². The summed E-state index contributed by atoms with van der Waals surface area (Å²) in [6.45, 7) is 0.421. The van der Waals surface area contributed by atoms with Crippen molar-refractivity contribution in [2.24, 2.45) is 7.05 Å². The normalized spacial score (nSPS) is 11.2. The number of aryl methyl sites for hydroxylation is 1. The fourth-order valence-corrected chi connectivity index (χ4v) is 3.05. The molecule has 0 aliphatic carbocycles. The summed E-state index contributed by atoms with van der Waals surface area (Å²) < 4.78 is 7.45. The van der Waals surface area contributed by atoms with Crippen LogP contribution in [0.15, 0.2) is 66.7 Å². The van der Waals surface area contributed by atoms with Crippen LogP contribution in [-0.4, -0.2) is 21.9 Å². The van der Waals surface area contributed by atoms with Gasteiger partial charge in [-0.15, -0.1) is 0 Å². The maximum Gasteiger partial charge on any atom is 0.223 e. The van der Waals surface area contributed by atoms with E-state index in [0.29, 0.717) is 12.4 Å². The average molecular weight is 330 g/mol. The first-order valence-corrected chi connectivity index (χ1v) is 8.22. The van der Waals surface area contributed by atoms with Crippen molar-refractivity contribution in [1.29, 1.82) is 0 Å². The molecule has 0 unspecified atom stereocenters. The van der Waals surface area contributed by atoms with Gasteiger partial charge in [-0.2, -0.15) is 0 Å². The number of fused-ring (bicyclic) bond motifs is 2. The average Bonchev–Trinajstić information content (AvgIpc) is 2.99. The zero-order valence-corrected chi connectivity index (χ0v) is 14.0. The number of para-hydroxylation sites is 2. The van der Waals surface area contributed by atoms with Crippen LogP contribution in [0.1, 0.15) is 16.2 Å². The van der Waals surface area contributed by atoms with Crippen LogP contribution >= 0.6 is 0 Å². The van der Waals surface area contributed by atoms with Crippen LogP contribution in [0.2, 0.25) is 0 Å². The molecule has 1 heterocycles. The van der Waals surface area contributed by atoms with E-state index in [0.717, 1.165) is 16.6 Å². The number of carbonyl (C=O) groups excluding carboxylic acids is 1. The molecule has 4 heteroatoms. The number of hydrogen-bond acceptors (Lipinski definition) is 3. The summed E-state index contributed by atoms with van der Waals surface area (Å²) in [6.07, 6.45) is 0. The van der Waals surface area contributed by atoms with Gasteiger partial charge in [-0.3, -0.25) is 4.79 Å². The molecule has 0 fully saturated rings. The molecule has 0 atom stereocenters. The molecule has 0 saturated heterocycles. The van der Waals surface area contributed by atoms with Crippen LogP contribution in [0, 0.1) is 0 Å². The van der Waals surface area contributed by atoms with Crippen molar-refractivity contribution in [1.82, 2.24) is 9.55 Å². The van der Waals surface area contributed by atoms with Crippen molar-refractivity contribution in [3.8, 4) is 0 Å². The molecule has 0 aliphatic rings. The Kier molecular flexibility index (Phi) is 4.04. The molecule has 0 spiro atoms. The lowest BCUT2D eigenvalue weighted by atomic mass is 10.1. The number of aromatic nitrogens is 2. The van der Waals surface area contributed by atoms with Gasteiger partial charge in [0.1, 0.15) is 6.61 Å². The van der Waals surface area contributed by atoms with E-state index in [4.69, 9.17) is 4.74 Å². The van der Waals surface area contributed by atoms with Gasteiger partial charge in [0.05, 0.1) is 17.6 Å². The fourth-order valence-electron chi connectivity index (χ4n) is 3.05. The highest BCUT2D eigenvalue weighted by molar-refractivity contribution is 5.97. The molecule has 0 N–H and O–H groups in total. The van der Waals surface area contributed by atoms with E-state index >= 15 is 0 Å². The molecular formula is C21H18N2O2. The number of hydrogen-bond donors (Lipinski definition) is 0. The monoisotopic (exact) mass is 330 g/mol. The molecule has 25 heavy (non-hydrogen) atoms. The van der Waals surface area contributed by atoms with Crippen molar-refractivity contribution < 1.29 is 9.53 Å². The first kappa shape index (κ1) is 15.5. The van der Waals surface area contributed by atoms with E-state index in [9.17, 15) is 4.79 Å². The number of ether oxygens (including phenoxy) is 1. The van der Waals surface area contributed by atoms with Gasteiger partial charge in [0.15, 0.2) is 5.82 Å². The lowest BCUT2D eigenvalue weighted by Gasteiger charge is -2.06. The lowest BCUT2D eigenvalue weighted by Crippen LogP contribution is -2.14. The highest BCUT2D eigenvalue weighted by Crippen LogP contribution is 2.17. The third-order valence-electron chi connectivity index (χ3n) is 4.35. The smallest absolute Gasteiger partial charge is 0.223 e. The largest absolute Gasteiger partial charge is 0.368 e. The fraction of sp³-hybridized carbons (Fsp3) is 0.143. The van der Waals surface area contributed by atoms with E-state index in [2.05, 4.69) is 29.2 Å². The molecule has 124 valence electrons. The number of nitrogens with zero attached hydrogens (tertiary/aromatic N) is 2. The van der Waals surface area contributed by atoms with Gasteiger partial charge >= 0.3 is 0 Å². The second-order valence-electron chi connectivity index (χ2n) is 6.08. The quantitative estimate of drug-likeness (QED) is 0.517. The Morgan fingerprint density at radius 3 is 2.60 bits per heavy atom. The third kappa shape index (κ3) is 3.04. The molecule has 0 aliphatic heterocycles. The standard InChI is InChI=1S/C21H18N2O2/c1-23-19-9-5-4-8-18(19)22-21(23)20(24)14-25-13-15-10-11-16-6-2-3-7-17(16)12-15/h2-12H,13-14H2,1H3. The second-order valence-corrected chi connectivity index (χ2v) is 6.08. The Morgan fingerprint density at radius 2 is 1.76 bits per heavy atom. The van der Waals surface area contributed by atoms with Gasteiger partial charge in [-0.1, -0.05) is 48.5 Å². The highest BCUT2D eigenvalue weighted by atomic mass is 16.5. The van der Waals surface area contributed by atoms with E-state index in [-0.39, 0.29) is 12.4 Å². The molecule has 4 aromatic rings. The summed E-state index contributed by atoms with van der Waals surface area (Å²) >= 11 is 0. The SMILES string of the molecule is Cn1c(C(=O)COCc2ccc3ccccc3c2)nc2ccccc21. The number of Topliss-reactive ketones (excluding diaryl/α,β-unsaturated/α-hetero) is 1. The maximum atomic E-state index is 12.4. The Bertz CT molecular complexity index is 1070. The Balaban J connectivity index is 1.45. The minimum Gasteiger partial charge on any atom is -0.368 e. The van der Waals surface area contributed by atoms with Gasteiger partial charge < -0.3 is 9.30 Å². The molecule has 0 saturated carbocycles. The summed E-state index contributed by atoms with van der Waals surface area (Å²) in [5, 5.41) is 2.37. The van der Waals surface area contributed by atoms with Crippen molar-refractivity contribution in [3.63, 3.8) is 0 Å². The highest BCUT2D eigenvalue weighted by Gasteiger charge is 2.15. The van der Waals surface area contributed by atoms with Crippen LogP contribution < -0.4 is 0 Å². The minimum atomic E-state index is -0.112. The van der Waals surface area contributed by atoms with Gasteiger partial charge in [0, 0.05) is 7.05 Å². The molecule has 0 amide bonds. The number of benzene rings is 3. The molecule has 4 nitrogen and oxygen atoms in total. The van der Waals surface area contributed by atoms with Crippen molar-refractivity contribution >= 4 is 27.6 Å². The van der Waals surface area contributed by atoms with Crippen molar-refractivity contribution in [3.05, 3.63) is 78.1 Å². The summed E-state index contributed by atoms with van der Waals surface area (Å²) in [5.41, 5.74) is 2.82. The van der Waals surface area contributed by atoms with Crippen LogP contribution in [0.3, 0.4) is 0 Å². The van der Waals surface area contributed by atoms with Gasteiger partial charge in [-0.25, -0.2) is 4.98 Å². The predicted octanol–water partition coefficient (Wildman–Crippen LogP) is 4.13. The van der Waals surface area contributed by atoms with Crippen LogP contribution in [0.25, 0.3) is 21.8 Å². The number of imidazole rings is 1. The first-order chi connectivity index (χ1) is 12.2. The molecule has 0 bridgehead atoms. The Labute approximate surface area is 145 Å². The molecule has 3 aromatic carbocycles. The topological polar surface area (TPSA) is 44.1 Å². The first-order valence-electron chi connectivity index (χ1n) is 8.22. The van der Waals surface area contributed by atoms with Crippen LogP contribution in [0.4, 0.5) is 0 Å². The van der Waals surface area contributed by atoms with E-state index in [1.807, 2.05) is 54.1 Å². The molecular weight excluding hydrogens is 312 g/mol. The zero-order chi connectivity index (χ0) is 17.2. The van der Waals surface area contributed by atoms with Crippen LogP contribution in [-0.2, 0) is 18.4 Å². The summed E-state index contributed by atoms with van der Waals surface area (Å²) in [5.74, 6) is 0.319. The summed E-state index contributed by atoms with van der Waals surface area (Å²) in [6, 6.07) is 22.1. The molecule has 0 radical (unpaired) electrons. The molecule has 4 rings (SSSR count). The van der Waals surface area contributed by atoms with Crippen molar-refractivity contribution in [2.45, 2.75) is 6.61 Å². The number of carbonyl (C=O) groups is 1. The van der Waals surface area contributed by atoms with Gasteiger partial charge in [-0.05, 0) is 34.5 Å². The summed E-state index contributed by atoms with van der Waals surface area (Å²) in [7, 11) is 1.85. The Morgan fingerprint density at radius 1 is 1.00 bits per heavy atom. The minimum absolute atomic E-state index is 0.0178.